The highest BCUT2D eigenvalue weighted by Crippen LogP contribution is 2.30. The molecule has 7 nitrogen and oxygen atoms in total. The Bertz CT molecular complexity index is 1310. The fourth-order valence-electron chi connectivity index (χ4n) is 4.26. The van der Waals surface area contributed by atoms with Crippen molar-refractivity contribution in [3.05, 3.63) is 70.8 Å². The summed E-state index contributed by atoms with van der Waals surface area (Å²) in [5.41, 5.74) is 2.31. The number of β-amino-alcohol motifs (C(OH)–C–C–N with tert-alkyl or cyclic N) is 1. The molecular formula is C28H30N2O5. The summed E-state index contributed by atoms with van der Waals surface area (Å²) in [6.07, 6.45) is 3.48. The fourth-order valence-corrected chi connectivity index (χ4v) is 4.26. The lowest BCUT2D eigenvalue weighted by atomic mass is 10.0. The zero-order valence-corrected chi connectivity index (χ0v) is 20.4. The molecule has 2 N–H and O–H groups in total. The Kier molecular flexibility index (Phi) is 6.63. The first-order valence-corrected chi connectivity index (χ1v) is 11.6. The molecule has 1 fully saturated rings. The van der Waals surface area contributed by atoms with Gasteiger partial charge in [-0.05, 0) is 81.1 Å². The van der Waals surface area contributed by atoms with Crippen LogP contribution in [0.2, 0.25) is 0 Å². The maximum absolute atomic E-state index is 13.3. The van der Waals surface area contributed by atoms with Crippen molar-refractivity contribution in [2.24, 2.45) is 0 Å². The molecule has 0 unspecified atom stereocenters. The second kappa shape index (κ2) is 9.50. The standard InChI is InChI=1S/C28H30N2O5/c1-17-13-19(14-18(2)25(17)35-28(3,4)27(33)34)9-10-24(32)22-15-20-7-5-6-8-23(20)29-26(22)30-12-11-21(31)16-30/h5-10,13-15,21,31H,11-12,16H2,1-4H3,(H,33,34)/b10-9+/t21-/m1/s1. The number of carboxylic acids is 1. The molecule has 0 amide bonds. The number of para-hydroxylation sites is 1. The van der Waals surface area contributed by atoms with Crippen LogP contribution in [0, 0.1) is 13.8 Å². The highest BCUT2D eigenvalue weighted by atomic mass is 16.5. The molecule has 4 rings (SSSR count). The SMILES string of the molecule is Cc1cc(/C=C/C(=O)c2cc3ccccc3nc2N2CC[C@@H](O)C2)cc(C)c1OC(C)(C)C(=O)O. The van der Waals surface area contributed by atoms with Crippen molar-refractivity contribution in [2.45, 2.75) is 45.8 Å². The molecule has 3 aromatic rings. The van der Waals surface area contributed by atoms with Crippen molar-refractivity contribution in [1.29, 1.82) is 0 Å². The van der Waals surface area contributed by atoms with E-state index in [1.807, 2.05) is 61.2 Å². The normalized spacial score (nSPS) is 16.3. The van der Waals surface area contributed by atoms with Crippen molar-refractivity contribution in [3.8, 4) is 5.75 Å². The molecule has 2 aromatic carbocycles. The molecule has 0 bridgehead atoms. The molecule has 7 heteroatoms. The number of nitrogens with zero attached hydrogens (tertiary/aromatic N) is 2. The number of ether oxygens (including phenoxy) is 1. The summed E-state index contributed by atoms with van der Waals surface area (Å²) in [5, 5.41) is 20.3. The molecule has 1 aliphatic rings. The van der Waals surface area contributed by atoms with Crippen molar-refractivity contribution >= 4 is 34.5 Å². The van der Waals surface area contributed by atoms with E-state index in [1.54, 1.807) is 6.08 Å². The van der Waals surface area contributed by atoms with E-state index < -0.39 is 17.7 Å². The van der Waals surface area contributed by atoms with Crippen LogP contribution in [-0.2, 0) is 4.79 Å². The summed E-state index contributed by atoms with van der Waals surface area (Å²) in [6.45, 7) is 7.81. The third kappa shape index (κ3) is 5.20. The van der Waals surface area contributed by atoms with Gasteiger partial charge in [0.05, 0.1) is 17.2 Å². The van der Waals surface area contributed by atoms with Gasteiger partial charge < -0.3 is 19.8 Å². The van der Waals surface area contributed by atoms with E-state index >= 15 is 0 Å². The van der Waals surface area contributed by atoms with E-state index in [9.17, 15) is 19.8 Å². The van der Waals surface area contributed by atoms with Crippen LogP contribution in [0.15, 0.2) is 48.5 Å². The Morgan fingerprint density at radius 2 is 1.83 bits per heavy atom. The van der Waals surface area contributed by atoms with Crippen LogP contribution in [0.3, 0.4) is 0 Å². The molecule has 0 aliphatic carbocycles. The van der Waals surface area contributed by atoms with Gasteiger partial charge in [0.15, 0.2) is 11.4 Å². The molecule has 0 radical (unpaired) electrons. The highest BCUT2D eigenvalue weighted by Gasteiger charge is 2.30. The largest absolute Gasteiger partial charge is 0.478 e. The Labute approximate surface area is 204 Å². The lowest BCUT2D eigenvalue weighted by molar-refractivity contribution is -0.152. The van der Waals surface area contributed by atoms with E-state index in [4.69, 9.17) is 9.72 Å². The second-order valence-corrected chi connectivity index (χ2v) is 9.54. The number of pyridine rings is 1. The number of hydrogen-bond donors (Lipinski definition) is 2. The van der Waals surface area contributed by atoms with Gasteiger partial charge in [-0.2, -0.15) is 0 Å². The predicted molar refractivity (Wildman–Crippen MR) is 136 cm³/mol. The van der Waals surface area contributed by atoms with Crippen LogP contribution in [0.25, 0.3) is 17.0 Å². The molecule has 0 saturated carbocycles. The van der Waals surface area contributed by atoms with Gasteiger partial charge in [0, 0.05) is 18.5 Å². The smallest absolute Gasteiger partial charge is 0.347 e. The second-order valence-electron chi connectivity index (χ2n) is 9.54. The Balaban J connectivity index is 1.64. The van der Waals surface area contributed by atoms with Crippen LogP contribution in [-0.4, -0.2) is 51.7 Å². The van der Waals surface area contributed by atoms with Gasteiger partial charge in [0.1, 0.15) is 11.6 Å². The fraction of sp³-hybridized carbons (Fsp3) is 0.321. The number of carbonyl (C=O) groups is 2. The average Bonchev–Trinajstić information content (AvgIpc) is 3.25. The number of hydrogen-bond acceptors (Lipinski definition) is 6. The number of carbonyl (C=O) groups excluding carboxylic acids is 1. The predicted octanol–water partition coefficient (Wildman–Crippen LogP) is 4.56. The molecule has 1 aromatic heterocycles. The lowest BCUT2D eigenvalue weighted by Crippen LogP contribution is -2.38. The summed E-state index contributed by atoms with van der Waals surface area (Å²) in [6, 6.07) is 13.2. The van der Waals surface area contributed by atoms with E-state index in [2.05, 4.69) is 0 Å². The summed E-state index contributed by atoms with van der Waals surface area (Å²) in [4.78, 5) is 31.5. The molecular weight excluding hydrogens is 444 g/mol. The minimum absolute atomic E-state index is 0.178. The van der Waals surface area contributed by atoms with E-state index in [0.717, 1.165) is 27.6 Å². The molecule has 35 heavy (non-hydrogen) atoms. The zero-order chi connectivity index (χ0) is 25.3. The minimum Gasteiger partial charge on any atom is -0.478 e. The zero-order valence-electron chi connectivity index (χ0n) is 20.4. The summed E-state index contributed by atoms with van der Waals surface area (Å²) in [7, 11) is 0. The number of aliphatic carboxylic acids is 1. The first-order chi connectivity index (χ1) is 16.5. The van der Waals surface area contributed by atoms with E-state index in [1.165, 1.54) is 19.9 Å². The monoisotopic (exact) mass is 474 g/mol. The maximum Gasteiger partial charge on any atom is 0.347 e. The third-order valence-electron chi connectivity index (χ3n) is 6.21. The molecule has 1 aliphatic heterocycles. The first kappa shape index (κ1) is 24.4. The number of aliphatic hydroxyl groups excluding tert-OH is 1. The Morgan fingerprint density at radius 3 is 2.46 bits per heavy atom. The maximum atomic E-state index is 13.3. The van der Waals surface area contributed by atoms with Crippen LogP contribution < -0.4 is 9.64 Å². The third-order valence-corrected chi connectivity index (χ3v) is 6.21. The molecule has 1 atom stereocenters. The van der Waals surface area contributed by atoms with Crippen LogP contribution in [0.4, 0.5) is 5.82 Å². The first-order valence-electron chi connectivity index (χ1n) is 11.6. The van der Waals surface area contributed by atoms with Crippen molar-refractivity contribution in [3.63, 3.8) is 0 Å². The molecule has 0 spiro atoms. The van der Waals surface area contributed by atoms with E-state index in [0.29, 0.717) is 36.6 Å². The van der Waals surface area contributed by atoms with Gasteiger partial charge >= 0.3 is 5.97 Å². The number of aromatic nitrogens is 1. The number of ketones is 1. The van der Waals surface area contributed by atoms with Crippen molar-refractivity contribution in [2.75, 3.05) is 18.0 Å². The summed E-state index contributed by atoms with van der Waals surface area (Å²) < 4.78 is 5.77. The topological polar surface area (TPSA) is 100.0 Å². The van der Waals surface area contributed by atoms with Gasteiger partial charge in [0.25, 0.3) is 0 Å². The quantitative estimate of drug-likeness (QED) is 0.382. The van der Waals surface area contributed by atoms with Gasteiger partial charge in [-0.25, -0.2) is 9.78 Å². The number of fused-ring (bicyclic) bond motifs is 1. The number of rotatable bonds is 7. The number of aliphatic hydroxyl groups is 1. The number of aryl methyl sites for hydroxylation is 2. The molecule has 1 saturated heterocycles. The van der Waals surface area contributed by atoms with Gasteiger partial charge in [-0.15, -0.1) is 0 Å². The number of carboxylic acid groups (broad SMARTS) is 1. The van der Waals surface area contributed by atoms with Gasteiger partial charge in [-0.3, -0.25) is 4.79 Å². The number of allylic oxidation sites excluding steroid dienone is 1. The number of anilines is 1. The minimum atomic E-state index is -1.36. The lowest BCUT2D eigenvalue weighted by Gasteiger charge is -2.24. The Hall–Kier alpha value is -3.71. The molecule has 2 heterocycles. The van der Waals surface area contributed by atoms with Crippen molar-refractivity contribution < 1.29 is 24.5 Å². The van der Waals surface area contributed by atoms with Crippen molar-refractivity contribution in [1.82, 2.24) is 4.98 Å². The highest BCUT2D eigenvalue weighted by molar-refractivity contribution is 6.11. The van der Waals surface area contributed by atoms with Crippen LogP contribution in [0.5, 0.6) is 5.75 Å². The summed E-state index contributed by atoms with van der Waals surface area (Å²) in [5.74, 6) is -0.116. The number of benzene rings is 2. The summed E-state index contributed by atoms with van der Waals surface area (Å²) >= 11 is 0. The average molecular weight is 475 g/mol. The van der Waals surface area contributed by atoms with Crippen LogP contribution >= 0.6 is 0 Å². The van der Waals surface area contributed by atoms with Gasteiger partial charge in [-0.1, -0.05) is 24.3 Å². The van der Waals surface area contributed by atoms with Gasteiger partial charge in [0.2, 0.25) is 0 Å². The molecule has 182 valence electrons. The van der Waals surface area contributed by atoms with Crippen LogP contribution in [0.1, 0.15) is 47.3 Å². The Morgan fingerprint density at radius 1 is 1.14 bits per heavy atom. The van der Waals surface area contributed by atoms with E-state index in [-0.39, 0.29) is 5.78 Å².